The van der Waals surface area contributed by atoms with E-state index in [1.807, 2.05) is 6.07 Å². The fraction of sp³-hybridized carbons (Fsp3) is 0.571. The molecule has 1 aliphatic rings. The summed E-state index contributed by atoms with van der Waals surface area (Å²) in [7, 11) is 2.19. The summed E-state index contributed by atoms with van der Waals surface area (Å²) in [6.07, 6.45) is 4.28. The third-order valence-corrected chi connectivity index (χ3v) is 4.46. The molecule has 0 radical (unpaired) electrons. The first-order valence-corrected chi connectivity index (χ1v) is 7.80. The van der Waals surface area contributed by atoms with Gasteiger partial charge in [-0.15, -0.1) is 11.6 Å². The van der Waals surface area contributed by atoms with Gasteiger partial charge in [-0.1, -0.05) is 11.6 Å². The lowest BCUT2D eigenvalue weighted by Crippen LogP contribution is -2.34. The van der Waals surface area contributed by atoms with Crippen molar-refractivity contribution in [2.75, 3.05) is 7.05 Å². The van der Waals surface area contributed by atoms with Crippen LogP contribution < -0.4 is 0 Å². The average molecular weight is 313 g/mol. The standard InChI is InChI=1S/C14H18Cl2N4/c1-9(19(2)11-3-4-11)8-20-13(6-15)18-12-5-10(16)7-17-14(12)20/h5,7,9,11H,3-4,6,8H2,1-2H3. The van der Waals surface area contributed by atoms with E-state index in [9.17, 15) is 0 Å². The van der Waals surface area contributed by atoms with Gasteiger partial charge in [0.2, 0.25) is 0 Å². The maximum Gasteiger partial charge on any atom is 0.160 e. The van der Waals surface area contributed by atoms with Gasteiger partial charge in [0, 0.05) is 24.8 Å². The highest BCUT2D eigenvalue weighted by molar-refractivity contribution is 6.31. The van der Waals surface area contributed by atoms with Crippen LogP contribution in [0, 0.1) is 0 Å². The monoisotopic (exact) mass is 312 g/mol. The Kier molecular flexibility index (Phi) is 3.89. The first-order chi connectivity index (χ1) is 9.60. The average Bonchev–Trinajstić information content (AvgIpc) is 3.22. The summed E-state index contributed by atoms with van der Waals surface area (Å²) in [6, 6.07) is 3.01. The summed E-state index contributed by atoms with van der Waals surface area (Å²) < 4.78 is 2.11. The first kappa shape index (κ1) is 14.1. The maximum absolute atomic E-state index is 6.02. The molecule has 6 heteroatoms. The van der Waals surface area contributed by atoms with Gasteiger partial charge in [-0.05, 0) is 32.9 Å². The number of pyridine rings is 1. The van der Waals surface area contributed by atoms with E-state index in [0.717, 1.165) is 29.6 Å². The fourth-order valence-electron chi connectivity index (χ4n) is 2.56. The molecular weight excluding hydrogens is 295 g/mol. The second-order valence-corrected chi connectivity index (χ2v) is 6.22. The molecule has 1 fully saturated rings. The smallest absolute Gasteiger partial charge is 0.160 e. The van der Waals surface area contributed by atoms with Gasteiger partial charge in [0.15, 0.2) is 5.65 Å². The Morgan fingerprint density at radius 2 is 2.25 bits per heavy atom. The van der Waals surface area contributed by atoms with Gasteiger partial charge < -0.3 is 4.57 Å². The van der Waals surface area contributed by atoms with E-state index in [4.69, 9.17) is 23.2 Å². The molecule has 0 saturated heterocycles. The van der Waals surface area contributed by atoms with Gasteiger partial charge in [-0.3, -0.25) is 4.90 Å². The van der Waals surface area contributed by atoms with Crippen LogP contribution in [0.25, 0.3) is 11.2 Å². The second kappa shape index (κ2) is 5.51. The number of fused-ring (bicyclic) bond motifs is 1. The molecule has 2 heterocycles. The molecule has 2 aromatic rings. The molecule has 1 atom stereocenters. The topological polar surface area (TPSA) is 34.0 Å². The maximum atomic E-state index is 6.02. The van der Waals surface area contributed by atoms with E-state index in [0.29, 0.717) is 16.9 Å². The van der Waals surface area contributed by atoms with E-state index < -0.39 is 0 Å². The molecule has 2 aromatic heterocycles. The summed E-state index contributed by atoms with van der Waals surface area (Å²) in [5.74, 6) is 1.24. The van der Waals surface area contributed by atoms with Crippen LogP contribution in [0.1, 0.15) is 25.6 Å². The Balaban J connectivity index is 1.92. The predicted molar refractivity (Wildman–Crippen MR) is 82.3 cm³/mol. The molecule has 0 spiro atoms. The number of halogens is 2. The molecule has 4 nitrogen and oxygen atoms in total. The Bertz CT molecular complexity index is 621. The molecule has 108 valence electrons. The highest BCUT2D eigenvalue weighted by Gasteiger charge is 2.29. The summed E-state index contributed by atoms with van der Waals surface area (Å²) in [6.45, 7) is 3.08. The summed E-state index contributed by atoms with van der Waals surface area (Å²) >= 11 is 12.0. The van der Waals surface area contributed by atoms with Crippen LogP contribution in [-0.2, 0) is 12.4 Å². The second-order valence-electron chi connectivity index (χ2n) is 5.51. The number of aromatic nitrogens is 3. The van der Waals surface area contributed by atoms with Crippen molar-refractivity contribution < 1.29 is 0 Å². The van der Waals surface area contributed by atoms with Crippen LogP contribution in [0.15, 0.2) is 12.3 Å². The lowest BCUT2D eigenvalue weighted by molar-refractivity contribution is 0.226. The number of imidazole rings is 1. The van der Waals surface area contributed by atoms with Gasteiger partial charge in [0.05, 0.1) is 10.9 Å². The van der Waals surface area contributed by atoms with Gasteiger partial charge in [0.1, 0.15) is 11.3 Å². The highest BCUT2D eigenvalue weighted by atomic mass is 35.5. The van der Waals surface area contributed by atoms with Crippen molar-refractivity contribution in [2.45, 2.75) is 44.3 Å². The minimum atomic E-state index is 0.383. The van der Waals surface area contributed by atoms with Crippen LogP contribution in [0.5, 0.6) is 0 Å². The van der Waals surface area contributed by atoms with Crippen molar-refractivity contribution in [3.63, 3.8) is 0 Å². The van der Waals surface area contributed by atoms with Crippen LogP contribution in [-0.4, -0.2) is 38.6 Å². The van der Waals surface area contributed by atoms with Gasteiger partial charge >= 0.3 is 0 Å². The number of likely N-dealkylation sites (N-methyl/N-ethyl adjacent to an activating group) is 1. The molecule has 1 saturated carbocycles. The van der Waals surface area contributed by atoms with Gasteiger partial charge in [-0.25, -0.2) is 9.97 Å². The molecule has 3 rings (SSSR count). The Labute approximate surface area is 128 Å². The Hall–Kier alpha value is -0.840. The minimum Gasteiger partial charge on any atom is -0.310 e. The fourth-order valence-corrected chi connectivity index (χ4v) is 2.92. The number of nitrogens with zero attached hydrogens (tertiary/aromatic N) is 4. The van der Waals surface area contributed by atoms with E-state index >= 15 is 0 Å². The Morgan fingerprint density at radius 1 is 1.50 bits per heavy atom. The van der Waals surface area contributed by atoms with E-state index in [-0.39, 0.29) is 0 Å². The van der Waals surface area contributed by atoms with E-state index in [2.05, 4.69) is 33.4 Å². The van der Waals surface area contributed by atoms with Crippen molar-refractivity contribution in [1.82, 2.24) is 19.4 Å². The number of hydrogen-bond acceptors (Lipinski definition) is 3. The third-order valence-electron chi connectivity index (χ3n) is 4.02. The number of rotatable bonds is 5. The zero-order chi connectivity index (χ0) is 14.3. The Morgan fingerprint density at radius 3 is 2.90 bits per heavy atom. The molecular formula is C14H18Cl2N4. The first-order valence-electron chi connectivity index (χ1n) is 6.88. The number of hydrogen-bond donors (Lipinski definition) is 0. The lowest BCUT2D eigenvalue weighted by atomic mass is 10.3. The zero-order valence-electron chi connectivity index (χ0n) is 11.7. The summed E-state index contributed by atoms with van der Waals surface area (Å²) in [5.41, 5.74) is 1.68. The minimum absolute atomic E-state index is 0.383. The lowest BCUT2D eigenvalue weighted by Gasteiger charge is -2.25. The van der Waals surface area contributed by atoms with Crippen molar-refractivity contribution in [2.24, 2.45) is 0 Å². The molecule has 0 aromatic carbocycles. The SMILES string of the molecule is CC(Cn1c(CCl)nc2cc(Cl)cnc21)N(C)C1CC1. The van der Waals surface area contributed by atoms with Gasteiger partial charge in [-0.2, -0.15) is 0 Å². The summed E-state index contributed by atoms with van der Waals surface area (Å²) in [5, 5.41) is 0.603. The zero-order valence-corrected chi connectivity index (χ0v) is 13.2. The quantitative estimate of drug-likeness (QED) is 0.794. The number of alkyl halides is 1. The van der Waals surface area contributed by atoms with Crippen molar-refractivity contribution >= 4 is 34.4 Å². The van der Waals surface area contributed by atoms with Gasteiger partial charge in [0.25, 0.3) is 0 Å². The summed E-state index contributed by atoms with van der Waals surface area (Å²) in [4.78, 5) is 11.4. The molecule has 0 bridgehead atoms. The van der Waals surface area contributed by atoms with Crippen LogP contribution in [0.3, 0.4) is 0 Å². The van der Waals surface area contributed by atoms with Crippen LogP contribution >= 0.6 is 23.2 Å². The molecule has 0 aliphatic heterocycles. The van der Waals surface area contributed by atoms with Crippen molar-refractivity contribution in [1.29, 1.82) is 0 Å². The highest BCUT2D eigenvalue weighted by Crippen LogP contribution is 2.28. The largest absolute Gasteiger partial charge is 0.310 e. The molecule has 0 N–H and O–H groups in total. The predicted octanol–water partition coefficient (Wildman–Crippen LogP) is 3.31. The van der Waals surface area contributed by atoms with E-state index in [1.165, 1.54) is 12.8 Å². The van der Waals surface area contributed by atoms with E-state index in [1.54, 1.807) is 6.20 Å². The van der Waals surface area contributed by atoms with Crippen LogP contribution in [0.2, 0.25) is 5.02 Å². The molecule has 0 amide bonds. The van der Waals surface area contributed by atoms with Crippen molar-refractivity contribution in [3.8, 4) is 0 Å². The molecule has 20 heavy (non-hydrogen) atoms. The third kappa shape index (κ3) is 2.65. The normalized spacial score (nSPS) is 17.1. The van der Waals surface area contributed by atoms with Crippen molar-refractivity contribution in [3.05, 3.63) is 23.1 Å². The molecule has 1 aliphatic carbocycles. The van der Waals surface area contributed by atoms with Crippen LogP contribution in [0.4, 0.5) is 0 Å². The molecule has 1 unspecified atom stereocenters.